The lowest BCUT2D eigenvalue weighted by atomic mass is 9.98. The number of nitriles is 1. The van der Waals surface area contributed by atoms with E-state index in [2.05, 4.69) is 6.07 Å². The molecule has 0 saturated heterocycles. The molecule has 20 heavy (non-hydrogen) atoms. The van der Waals surface area contributed by atoms with Crippen LogP contribution in [0, 0.1) is 11.3 Å². The standard InChI is InChI=1S/C16H13Cl2NO/c17-14-4-1-3-12(9-14)13(11-19)7-8-20-16-6-2-5-15(18)10-16/h1-6,9-10,13H,7-8H2. The Hall–Kier alpha value is -1.69. The molecule has 102 valence electrons. The smallest absolute Gasteiger partial charge is 0.120 e. The van der Waals surface area contributed by atoms with E-state index < -0.39 is 0 Å². The first-order chi connectivity index (χ1) is 9.69. The fraction of sp³-hybridized carbons (Fsp3) is 0.188. The quantitative estimate of drug-likeness (QED) is 0.772. The highest BCUT2D eigenvalue weighted by atomic mass is 35.5. The Morgan fingerprint density at radius 2 is 1.75 bits per heavy atom. The molecule has 2 nitrogen and oxygen atoms in total. The first-order valence-corrected chi connectivity index (χ1v) is 6.98. The third-order valence-electron chi connectivity index (χ3n) is 2.88. The summed E-state index contributed by atoms with van der Waals surface area (Å²) < 4.78 is 5.60. The summed E-state index contributed by atoms with van der Waals surface area (Å²) in [5.41, 5.74) is 0.912. The topological polar surface area (TPSA) is 33.0 Å². The Bertz CT molecular complexity index is 622. The maximum Gasteiger partial charge on any atom is 0.120 e. The predicted octanol–water partition coefficient (Wildman–Crippen LogP) is 5.07. The highest BCUT2D eigenvalue weighted by Gasteiger charge is 2.11. The maximum atomic E-state index is 9.24. The van der Waals surface area contributed by atoms with Crippen LogP contribution in [0.1, 0.15) is 17.9 Å². The van der Waals surface area contributed by atoms with Gasteiger partial charge in [-0.2, -0.15) is 5.26 Å². The van der Waals surface area contributed by atoms with Crippen molar-refractivity contribution in [1.29, 1.82) is 5.26 Å². The van der Waals surface area contributed by atoms with Gasteiger partial charge in [-0.25, -0.2) is 0 Å². The number of rotatable bonds is 5. The van der Waals surface area contributed by atoms with E-state index in [0.717, 1.165) is 5.56 Å². The minimum Gasteiger partial charge on any atom is -0.493 e. The molecule has 0 N–H and O–H groups in total. The number of benzene rings is 2. The molecule has 0 aromatic heterocycles. The van der Waals surface area contributed by atoms with E-state index in [4.69, 9.17) is 27.9 Å². The fourth-order valence-corrected chi connectivity index (χ4v) is 2.26. The van der Waals surface area contributed by atoms with Crippen LogP contribution in [0.2, 0.25) is 10.0 Å². The Balaban J connectivity index is 1.93. The van der Waals surface area contributed by atoms with Crippen LogP contribution in [0.4, 0.5) is 0 Å². The van der Waals surface area contributed by atoms with Gasteiger partial charge in [-0.1, -0.05) is 41.4 Å². The van der Waals surface area contributed by atoms with Gasteiger partial charge >= 0.3 is 0 Å². The summed E-state index contributed by atoms with van der Waals surface area (Å²) in [6.07, 6.45) is 0.601. The van der Waals surface area contributed by atoms with Crippen LogP contribution in [-0.2, 0) is 0 Å². The SMILES string of the molecule is N#CC(CCOc1cccc(Cl)c1)c1cccc(Cl)c1. The molecule has 2 rings (SSSR count). The molecule has 0 saturated carbocycles. The summed E-state index contributed by atoms with van der Waals surface area (Å²) in [4.78, 5) is 0. The predicted molar refractivity (Wildman–Crippen MR) is 81.4 cm³/mol. The second-order valence-corrected chi connectivity index (χ2v) is 5.20. The van der Waals surface area contributed by atoms with Gasteiger partial charge in [0.15, 0.2) is 0 Å². The summed E-state index contributed by atoms with van der Waals surface area (Å²) in [5, 5.41) is 10.5. The van der Waals surface area contributed by atoms with E-state index in [-0.39, 0.29) is 5.92 Å². The van der Waals surface area contributed by atoms with Crippen molar-refractivity contribution in [3.63, 3.8) is 0 Å². The Morgan fingerprint density at radius 1 is 1.05 bits per heavy atom. The van der Waals surface area contributed by atoms with Crippen LogP contribution in [0.5, 0.6) is 5.75 Å². The molecule has 1 unspecified atom stereocenters. The van der Waals surface area contributed by atoms with Crippen LogP contribution >= 0.6 is 23.2 Å². The molecule has 0 aliphatic carbocycles. The van der Waals surface area contributed by atoms with Crippen molar-refractivity contribution in [2.45, 2.75) is 12.3 Å². The van der Waals surface area contributed by atoms with Gasteiger partial charge in [0.05, 0.1) is 18.6 Å². The number of ether oxygens (including phenoxy) is 1. The van der Waals surface area contributed by atoms with Crippen LogP contribution in [-0.4, -0.2) is 6.61 Å². The zero-order chi connectivity index (χ0) is 14.4. The van der Waals surface area contributed by atoms with Gasteiger partial charge in [-0.15, -0.1) is 0 Å². The largest absolute Gasteiger partial charge is 0.493 e. The number of nitrogens with zero attached hydrogens (tertiary/aromatic N) is 1. The summed E-state index contributed by atoms with van der Waals surface area (Å²) in [7, 11) is 0. The van der Waals surface area contributed by atoms with Crippen molar-refractivity contribution >= 4 is 23.2 Å². The highest BCUT2D eigenvalue weighted by molar-refractivity contribution is 6.30. The average Bonchev–Trinajstić information content (AvgIpc) is 2.44. The fourth-order valence-electron chi connectivity index (χ4n) is 1.88. The molecule has 0 heterocycles. The van der Waals surface area contributed by atoms with Crippen molar-refractivity contribution in [3.05, 3.63) is 64.1 Å². The Kier molecular flexibility index (Phi) is 5.29. The first kappa shape index (κ1) is 14.7. The van der Waals surface area contributed by atoms with Gasteiger partial charge in [-0.05, 0) is 35.9 Å². The molecule has 2 aromatic carbocycles. The minimum absolute atomic E-state index is 0.229. The van der Waals surface area contributed by atoms with E-state index in [9.17, 15) is 5.26 Å². The lowest BCUT2D eigenvalue weighted by Gasteiger charge is -2.11. The van der Waals surface area contributed by atoms with Crippen LogP contribution in [0.25, 0.3) is 0 Å². The summed E-state index contributed by atoms with van der Waals surface area (Å²) in [5.74, 6) is 0.480. The molecule has 0 bridgehead atoms. The lowest BCUT2D eigenvalue weighted by molar-refractivity contribution is 0.306. The maximum absolute atomic E-state index is 9.24. The van der Waals surface area contributed by atoms with Crippen molar-refractivity contribution in [3.8, 4) is 11.8 Å². The molecule has 2 aromatic rings. The highest BCUT2D eigenvalue weighted by Crippen LogP contribution is 2.23. The third-order valence-corrected chi connectivity index (χ3v) is 3.35. The number of halogens is 2. The van der Waals surface area contributed by atoms with Gasteiger partial charge in [-0.3, -0.25) is 0 Å². The normalized spacial score (nSPS) is 11.7. The second-order valence-electron chi connectivity index (χ2n) is 4.33. The molecule has 0 aliphatic heterocycles. The zero-order valence-electron chi connectivity index (χ0n) is 10.7. The van der Waals surface area contributed by atoms with Crippen molar-refractivity contribution < 1.29 is 4.74 Å². The summed E-state index contributed by atoms with van der Waals surface area (Å²) in [6.45, 7) is 0.449. The van der Waals surface area contributed by atoms with Gasteiger partial charge < -0.3 is 4.74 Å². The van der Waals surface area contributed by atoms with Gasteiger partial charge in [0.1, 0.15) is 5.75 Å². The number of hydrogen-bond acceptors (Lipinski definition) is 2. The molecular weight excluding hydrogens is 293 g/mol. The van der Waals surface area contributed by atoms with E-state index in [1.165, 1.54) is 0 Å². The first-order valence-electron chi connectivity index (χ1n) is 6.22. The molecule has 0 aliphatic rings. The van der Waals surface area contributed by atoms with Gasteiger partial charge in [0.25, 0.3) is 0 Å². The van der Waals surface area contributed by atoms with Crippen LogP contribution < -0.4 is 4.74 Å². The minimum atomic E-state index is -0.229. The zero-order valence-corrected chi connectivity index (χ0v) is 12.2. The molecular formula is C16H13Cl2NO. The van der Waals surface area contributed by atoms with Crippen molar-refractivity contribution in [1.82, 2.24) is 0 Å². The Labute approximate surface area is 128 Å². The molecule has 0 spiro atoms. The molecule has 0 amide bonds. The van der Waals surface area contributed by atoms with E-state index in [0.29, 0.717) is 28.8 Å². The van der Waals surface area contributed by atoms with Crippen LogP contribution in [0.15, 0.2) is 48.5 Å². The number of hydrogen-bond donors (Lipinski definition) is 0. The average molecular weight is 306 g/mol. The molecule has 1 atom stereocenters. The van der Waals surface area contributed by atoms with Crippen molar-refractivity contribution in [2.75, 3.05) is 6.61 Å². The monoisotopic (exact) mass is 305 g/mol. The van der Waals surface area contributed by atoms with Crippen molar-refractivity contribution in [2.24, 2.45) is 0 Å². The second kappa shape index (κ2) is 7.19. The molecule has 0 fully saturated rings. The van der Waals surface area contributed by atoms with Gasteiger partial charge in [0.2, 0.25) is 0 Å². The van der Waals surface area contributed by atoms with E-state index >= 15 is 0 Å². The van der Waals surface area contributed by atoms with Crippen LogP contribution in [0.3, 0.4) is 0 Å². The van der Waals surface area contributed by atoms with E-state index in [1.807, 2.05) is 30.3 Å². The third kappa shape index (κ3) is 4.16. The van der Waals surface area contributed by atoms with E-state index in [1.54, 1.807) is 18.2 Å². The van der Waals surface area contributed by atoms with Gasteiger partial charge in [0, 0.05) is 16.5 Å². The molecule has 0 radical (unpaired) electrons. The molecule has 4 heteroatoms. The Morgan fingerprint density at radius 3 is 2.40 bits per heavy atom. The lowest BCUT2D eigenvalue weighted by Crippen LogP contribution is -2.04. The summed E-state index contributed by atoms with van der Waals surface area (Å²) >= 11 is 11.8. The summed E-state index contributed by atoms with van der Waals surface area (Å²) in [6, 6.07) is 16.8.